The third-order valence-corrected chi connectivity index (χ3v) is 4.45. The van der Waals surface area contributed by atoms with Crippen LogP contribution >= 0.6 is 0 Å². The predicted molar refractivity (Wildman–Crippen MR) is 80.8 cm³/mol. The van der Waals surface area contributed by atoms with Crippen molar-refractivity contribution in [3.8, 4) is 11.1 Å². The quantitative estimate of drug-likeness (QED) is 0.918. The molecule has 1 N–H and O–H groups in total. The SMILES string of the molecule is O=C(c1occc1-c1ccccc1)N1CCC(C(=O)O)(C(F)(F)F)C1. The van der Waals surface area contributed by atoms with Crippen molar-refractivity contribution in [1.29, 1.82) is 0 Å². The molecule has 1 aliphatic heterocycles. The van der Waals surface area contributed by atoms with Crippen LogP contribution in [-0.2, 0) is 4.79 Å². The molecule has 25 heavy (non-hydrogen) atoms. The Bertz CT molecular complexity index is 800. The van der Waals surface area contributed by atoms with Gasteiger partial charge >= 0.3 is 12.1 Å². The van der Waals surface area contributed by atoms with Gasteiger partial charge in [0.25, 0.3) is 5.91 Å². The van der Waals surface area contributed by atoms with E-state index >= 15 is 0 Å². The topological polar surface area (TPSA) is 70.8 Å². The lowest BCUT2D eigenvalue weighted by atomic mass is 9.86. The van der Waals surface area contributed by atoms with E-state index in [4.69, 9.17) is 9.52 Å². The summed E-state index contributed by atoms with van der Waals surface area (Å²) in [6.45, 7) is -1.24. The fourth-order valence-electron chi connectivity index (χ4n) is 2.97. The molecular weight excluding hydrogens is 339 g/mol. The van der Waals surface area contributed by atoms with Crippen LogP contribution in [0, 0.1) is 5.41 Å². The van der Waals surface area contributed by atoms with Crippen molar-refractivity contribution < 1.29 is 32.3 Å². The standard InChI is InChI=1S/C17H14F3NO4/c18-17(19,20)16(15(23)24)7-8-21(10-16)14(22)13-12(6-9-25-13)11-4-2-1-3-5-11/h1-6,9H,7-8,10H2,(H,23,24). The van der Waals surface area contributed by atoms with Gasteiger partial charge in [0.05, 0.1) is 6.26 Å². The molecule has 2 heterocycles. The molecule has 1 unspecified atom stereocenters. The molecule has 0 bridgehead atoms. The maximum Gasteiger partial charge on any atom is 0.406 e. The molecule has 8 heteroatoms. The molecule has 2 aromatic rings. The van der Waals surface area contributed by atoms with Crippen molar-refractivity contribution in [2.24, 2.45) is 5.41 Å². The van der Waals surface area contributed by atoms with E-state index in [1.165, 1.54) is 6.26 Å². The number of furan rings is 1. The summed E-state index contributed by atoms with van der Waals surface area (Å²) in [6.07, 6.45) is -4.35. The summed E-state index contributed by atoms with van der Waals surface area (Å²) in [4.78, 5) is 24.7. The predicted octanol–water partition coefficient (Wildman–Crippen LogP) is 3.43. The van der Waals surface area contributed by atoms with Crippen molar-refractivity contribution in [1.82, 2.24) is 4.90 Å². The van der Waals surface area contributed by atoms with E-state index in [0.29, 0.717) is 11.1 Å². The number of likely N-dealkylation sites (tertiary alicyclic amines) is 1. The molecule has 5 nitrogen and oxygen atoms in total. The summed E-state index contributed by atoms with van der Waals surface area (Å²) in [6, 6.07) is 10.3. The average Bonchev–Trinajstić information content (AvgIpc) is 3.22. The van der Waals surface area contributed by atoms with Crippen LogP contribution in [0.3, 0.4) is 0 Å². The molecule has 1 aliphatic rings. The van der Waals surface area contributed by atoms with E-state index in [1.807, 2.05) is 0 Å². The lowest BCUT2D eigenvalue weighted by molar-refractivity contribution is -0.227. The highest BCUT2D eigenvalue weighted by Crippen LogP contribution is 2.46. The van der Waals surface area contributed by atoms with Gasteiger partial charge in [0.2, 0.25) is 0 Å². The number of carbonyl (C=O) groups is 2. The minimum atomic E-state index is -4.95. The van der Waals surface area contributed by atoms with Crippen LogP contribution in [0.15, 0.2) is 47.1 Å². The van der Waals surface area contributed by atoms with Gasteiger partial charge in [-0.25, -0.2) is 0 Å². The number of aliphatic carboxylic acids is 1. The molecule has 1 aromatic carbocycles. The van der Waals surface area contributed by atoms with E-state index in [-0.39, 0.29) is 12.3 Å². The molecule has 1 aromatic heterocycles. The number of halogens is 3. The monoisotopic (exact) mass is 353 g/mol. The Balaban J connectivity index is 1.90. The molecule has 0 spiro atoms. The summed E-state index contributed by atoms with van der Waals surface area (Å²) < 4.78 is 44.9. The molecule has 1 amide bonds. The molecule has 132 valence electrons. The highest BCUT2D eigenvalue weighted by atomic mass is 19.4. The number of amides is 1. The Labute approximate surface area is 140 Å². The number of benzene rings is 1. The van der Waals surface area contributed by atoms with E-state index in [1.54, 1.807) is 36.4 Å². The van der Waals surface area contributed by atoms with E-state index in [9.17, 15) is 22.8 Å². The van der Waals surface area contributed by atoms with Crippen molar-refractivity contribution in [3.63, 3.8) is 0 Å². The fraction of sp³-hybridized carbons (Fsp3) is 0.294. The lowest BCUT2D eigenvalue weighted by Gasteiger charge is -2.27. The Kier molecular flexibility index (Phi) is 4.06. The molecule has 1 saturated heterocycles. The average molecular weight is 353 g/mol. The van der Waals surface area contributed by atoms with Gasteiger partial charge in [0.15, 0.2) is 11.2 Å². The number of nitrogens with zero attached hydrogens (tertiary/aromatic N) is 1. The fourth-order valence-corrected chi connectivity index (χ4v) is 2.97. The largest absolute Gasteiger partial charge is 0.481 e. The summed E-state index contributed by atoms with van der Waals surface area (Å²) in [5.41, 5.74) is -1.81. The molecular formula is C17H14F3NO4. The zero-order chi connectivity index (χ0) is 18.2. The number of rotatable bonds is 3. The van der Waals surface area contributed by atoms with Crippen LogP contribution in [0.4, 0.5) is 13.2 Å². The van der Waals surface area contributed by atoms with Crippen LogP contribution in [0.5, 0.6) is 0 Å². The van der Waals surface area contributed by atoms with Crippen molar-refractivity contribution in [3.05, 3.63) is 48.4 Å². The Morgan fingerprint density at radius 1 is 1.16 bits per heavy atom. The molecule has 3 rings (SSSR count). The summed E-state index contributed by atoms with van der Waals surface area (Å²) >= 11 is 0. The molecule has 0 aliphatic carbocycles. The highest BCUT2D eigenvalue weighted by Gasteiger charge is 2.64. The minimum Gasteiger partial charge on any atom is -0.481 e. The van der Waals surface area contributed by atoms with Crippen LogP contribution in [0.1, 0.15) is 17.0 Å². The van der Waals surface area contributed by atoms with Gasteiger partial charge < -0.3 is 14.4 Å². The van der Waals surface area contributed by atoms with Crippen molar-refractivity contribution in [2.45, 2.75) is 12.6 Å². The smallest absolute Gasteiger partial charge is 0.406 e. The van der Waals surface area contributed by atoms with E-state index in [2.05, 4.69) is 0 Å². The van der Waals surface area contributed by atoms with Gasteiger partial charge in [0, 0.05) is 18.7 Å². The van der Waals surface area contributed by atoms with Crippen LogP contribution in [-0.4, -0.2) is 41.1 Å². The van der Waals surface area contributed by atoms with Crippen molar-refractivity contribution >= 4 is 11.9 Å². The Hall–Kier alpha value is -2.77. The zero-order valence-corrected chi connectivity index (χ0v) is 12.9. The third kappa shape index (κ3) is 2.77. The Morgan fingerprint density at radius 3 is 2.40 bits per heavy atom. The number of carboxylic acid groups (broad SMARTS) is 1. The normalized spacial score (nSPS) is 20.7. The first-order chi connectivity index (χ1) is 11.8. The second-order valence-corrected chi connectivity index (χ2v) is 5.89. The maximum atomic E-state index is 13.2. The first-order valence-electron chi connectivity index (χ1n) is 7.48. The Morgan fingerprint density at radius 2 is 1.84 bits per heavy atom. The summed E-state index contributed by atoms with van der Waals surface area (Å²) in [5, 5.41) is 9.08. The van der Waals surface area contributed by atoms with Gasteiger partial charge in [0.1, 0.15) is 0 Å². The van der Waals surface area contributed by atoms with E-state index in [0.717, 1.165) is 4.90 Å². The number of carboxylic acids is 1. The number of hydrogen-bond acceptors (Lipinski definition) is 3. The number of alkyl halides is 3. The summed E-state index contributed by atoms with van der Waals surface area (Å²) in [5.74, 6) is -2.83. The first kappa shape index (κ1) is 17.1. The second-order valence-electron chi connectivity index (χ2n) is 5.89. The third-order valence-electron chi connectivity index (χ3n) is 4.45. The first-order valence-corrected chi connectivity index (χ1v) is 7.48. The summed E-state index contributed by atoms with van der Waals surface area (Å²) in [7, 11) is 0. The van der Waals surface area contributed by atoms with Gasteiger partial charge in [-0.15, -0.1) is 0 Å². The number of hydrogen-bond donors (Lipinski definition) is 1. The van der Waals surface area contributed by atoms with Gasteiger partial charge in [-0.3, -0.25) is 9.59 Å². The highest BCUT2D eigenvalue weighted by molar-refractivity contribution is 5.98. The van der Waals surface area contributed by atoms with Crippen LogP contribution in [0.25, 0.3) is 11.1 Å². The minimum absolute atomic E-state index is 0.102. The van der Waals surface area contributed by atoms with Crippen LogP contribution < -0.4 is 0 Å². The van der Waals surface area contributed by atoms with Gasteiger partial charge in [-0.05, 0) is 18.1 Å². The molecule has 1 atom stereocenters. The van der Waals surface area contributed by atoms with Gasteiger partial charge in [-0.2, -0.15) is 13.2 Å². The number of carbonyl (C=O) groups excluding carboxylic acids is 1. The van der Waals surface area contributed by atoms with Gasteiger partial charge in [-0.1, -0.05) is 30.3 Å². The molecule has 0 radical (unpaired) electrons. The lowest BCUT2D eigenvalue weighted by Crippen LogP contribution is -2.47. The second kappa shape index (κ2) is 5.94. The van der Waals surface area contributed by atoms with E-state index < -0.39 is 36.4 Å². The van der Waals surface area contributed by atoms with Crippen molar-refractivity contribution in [2.75, 3.05) is 13.1 Å². The molecule has 1 fully saturated rings. The van der Waals surface area contributed by atoms with Crippen LogP contribution in [0.2, 0.25) is 0 Å². The molecule has 0 saturated carbocycles. The zero-order valence-electron chi connectivity index (χ0n) is 12.9. The maximum absolute atomic E-state index is 13.2.